The van der Waals surface area contributed by atoms with Crippen molar-refractivity contribution in [1.29, 1.82) is 0 Å². The lowest BCUT2D eigenvalue weighted by atomic mass is 10.1. The van der Waals surface area contributed by atoms with Crippen LogP contribution in [0.4, 0.5) is 0 Å². The van der Waals surface area contributed by atoms with E-state index in [0.717, 1.165) is 25.1 Å². The summed E-state index contributed by atoms with van der Waals surface area (Å²) in [4.78, 5) is 0. The highest BCUT2D eigenvalue weighted by Gasteiger charge is 2.21. The second kappa shape index (κ2) is 5.92. The van der Waals surface area contributed by atoms with Gasteiger partial charge in [-0.25, -0.2) is 8.42 Å². The lowest BCUT2D eigenvalue weighted by Crippen LogP contribution is -2.18. The molecule has 1 N–H and O–H groups in total. The van der Waals surface area contributed by atoms with E-state index in [1.807, 2.05) is 12.1 Å². The Hall–Kier alpha value is -1.07. The second-order valence-electron chi connectivity index (χ2n) is 4.99. The zero-order valence-corrected chi connectivity index (χ0v) is 12.3. The van der Waals surface area contributed by atoms with Gasteiger partial charge < -0.3 is 10.1 Å². The number of hydrogen-bond donors (Lipinski definition) is 1. The summed E-state index contributed by atoms with van der Waals surface area (Å²) in [6, 6.07) is 6.50. The van der Waals surface area contributed by atoms with Gasteiger partial charge in [-0.15, -0.1) is 0 Å². The Morgan fingerprint density at radius 1 is 1.42 bits per heavy atom. The normalized spacial score (nSPS) is 18.3. The first-order chi connectivity index (χ1) is 8.99. The summed E-state index contributed by atoms with van der Waals surface area (Å²) in [7, 11) is -2.96. The molecule has 19 heavy (non-hydrogen) atoms. The van der Waals surface area contributed by atoms with Crippen molar-refractivity contribution in [3.05, 3.63) is 29.3 Å². The highest BCUT2D eigenvalue weighted by molar-refractivity contribution is 7.90. The van der Waals surface area contributed by atoms with Crippen LogP contribution in [0.5, 0.6) is 5.75 Å². The number of hydrogen-bond acceptors (Lipinski definition) is 4. The van der Waals surface area contributed by atoms with Gasteiger partial charge in [0.1, 0.15) is 12.4 Å². The van der Waals surface area contributed by atoms with Crippen LogP contribution in [-0.4, -0.2) is 33.6 Å². The highest BCUT2D eigenvalue weighted by Crippen LogP contribution is 2.33. The minimum atomic E-state index is -2.96. The van der Waals surface area contributed by atoms with E-state index in [4.69, 9.17) is 4.74 Å². The van der Waals surface area contributed by atoms with Gasteiger partial charge in [-0.1, -0.05) is 13.0 Å². The fourth-order valence-corrected chi connectivity index (χ4v) is 2.84. The molecule has 5 heteroatoms. The van der Waals surface area contributed by atoms with Crippen molar-refractivity contribution in [3.63, 3.8) is 0 Å². The minimum absolute atomic E-state index is 0.0596. The molecule has 2 rings (SSSR count). The first-order valence-electron chi connectivity index (χ1n) is 6.66. The van der Waals surface area contributed by atoms with Crippen LogP contribution in [0.1, 0.15) is 30.5 Å². The van der Waals surface area contributed by atoms with Gasteiger partial charge in [-0.05, 0) is 42.6 Å². The Kier molecular flexibility index (Phi) is 4.47. The topological polar surface area (TPSA) is 55.4 Å². The summed E-state index contributed by atoms with van der Waals surface area (Å²) in [5.74, 6) is 0.823. The SMILES string of the molecule is CCNC1CCc2cc(OCCS(C)(=O)=O)ccc21. The standard InChI is InChI=1S/C14H21NO3S/c1-3-15-14-7-4-11-10-12(5-6-13(11)14)18-8-9-19(2,16)17/h5-6,10,14-15H,3-4,7-9H2,1-2H3. The largest absolute Gasteiger partial charge is 0.493 e. The summed E-state index contributed by atoms with van der Waals surface area (Å²) in [6.45, 7) is 3.30. The summed E-state index contributed by atoms with van der Waals surface area (Å²) in [5, 5.41) is 3.46. The molecule has 1 aliphatic carbocycles. The van der Waals surface area contributed by atoms with E-state index < -0.39 is 9.84 Å². The number of ether oxygens (including phenoxy) is 1. The van der Waals surface area contributed by atoms with Gasteiger partial charge in [0.25, 0.3) is 0 Å². The van der Waals surface area contributed by atoms with Gasteiger partial charge in [-0.2, -0.15) is 0 Å². The Morgan fingerprint density at radius 3 is 2.89 bits per heavy atom. The van der Waals surface area contributed by atoms with E-state index in [9.17, 15) is 8.42 Å². The molecule has 1 aliphatic rings. The third kappa shape index (κ3) is 3.94. The Bertz CT molecular complexity index is 540. The van der Waals surface area contributed by atoms with Crippen LogP contribution in [0.25, 0.3) is 0 Å². The summed E-state index contributed by atoms with van der Waals surface area (Å²) < 4.78 is 27.6. The first-order valence-corrected chi connectivity index (χ1v) is 8.72. The summed E-state index contributed by atoms with van der Waals surface area (Å²) in [6.07, 6.45) is 3.40. The maximum Gasteiger partial charge on any atom is 0.150 e. The van der Waals surface area contributed by atoms with E-state index in [2.05, 4.69) is 18.3 Å². The molecule has 1 unspecified atom stereocenters. The Balaban J connectivity index is 1.99. The van der Waals surface area contributed by atoms with Crippen molar-refractivity contribution in [2.75, 3.05) is 25.2 Å². The monoisotopic (exact) mass is 283 g/mol. The molecule has 0 aliphatic heterocycles. The maximum absolute atomic E-state index is 11.0. The molecule has 0 bridgehead atoms. The molecule has 0 heterocycles. The molecule has 1 aromatic carbocycles. The maximum atomic E-state index is 11.0. The quantitative estimate of drug-likeness (QED) is 0.863. The minimum Gasteiger partial charge on any atom is -0.493 e. The number of rotatable bonds is 6. The van der Waals surface area contributed by atoms with Crippen LogP contribution < -0.4 is 10.1 Å². The van der Waals surface area contributed by atoms with E-state index in [-0.39, 0.29) is 12.4 Å². The van der Waals surface area contributed by atoms with Crippen molar-refractivity contribution in [2.24, 2.45) is 0 Å². The van der Waals surface area contributed by atoms with Crippen LogP contribution in [-0.2, 0) is 16.3 Å². The molecule has 4 nitrogen and oxygen atoms in total. The number of aryl methyl sites for hydroxylation is 1. The molecule has 0 fully saturated rings. The van der Waals surface area contributed by atoms with Gasteiger partial charge in [0.05, 0.1) is 5.75 Å². The molecule has 0 radical (unpaired) electrons. The van der Waals surface area contributed by atoms with Crippen LogP contribution in [0.3, 0.4) is 0 Å². The third-order valence-electron chi connectivity index (χ3n) is 3.37. The van der Waals surface area contributed by atoms with E-state index in [1.54, 1.807) is 0 Å². The van der Waals surface area contributed by atoms with E-state index >= 15 is 0 Å². The van der Waals surface area contributed by atoms with Gasteiger partial charge >= 0.3 is 0 Å². The zero-order chi connectivity index (χ0) is 13.9. The molecule has 0 spiro atoms. The fourth-order valence-electron chi connectivity index (χ4n) is 2.45. The number of fused-ring (bicyclic) bond motifs is 1. The molecular formula is C14H21NO3S. The molecule has 0 saturated heterocycles. The summed E-state index contributed by atoms with van der Waals surface area (Å²) >= 11 is 0. The average molecular weight is 283 g/mol. The van der Waals surface area contributed by atoms with E-state index in [1.165, 1.54) is 17.4 Å². The molecule has 106 valence electrons. The van der Waals surface area contributed by atoms with Crippen molar-refractivity contribution >= 4 is 9.84 Å². The predicted octanol–water partition coefficient (Wildman–Crippen LogP) is 1.71. The third-order valence-corrected chi connectivity index (χ3v) is 4.27. The molecule has 0 saturated carbocycles. The van der Waals surface area contributed by atoms with Crippen LogP contribution in [0, 0.1) is 0 Å². The number of nitrogens with one attached hydrogen (secondary N) is 1. The number of benzene rings is 1. The second-order valence-corrected chi connectivity index (χ2v) is 7.25. The smallest absolute Gasteiger partial charge is 0.150 e. The lowest BCUT2D eigenvalue weighted by Gasteiger charge is -2.13. The van der Waals surface area contributed by atoms with Crippen molar-refractivity contribution in [1.82, 2.24) is 5.32 Å². The molecular weight excluding hydrogens is 262 g/mol. The number of sulfone groups is 1. The van der Waals surface area contributed by atoms with Crippen molar-refractivity contribution in [2.45, 2.75) is 25.8 Å². The van der Waals surface area contributed by atoms with Crippen LogP contribution in [0.2, 0.25) is 0 Å². The van der Waals surface area contributed by atoms with Crippen molar-refractivity contribution < 1.29 is 13.2 Å². The average Bonchev–Trinajstić information content (AvgIpc) is 2.71. The van der Waals surface area contributed by atoms with Gasteiger partial charge in [0.2, 0.25) is 0 Å². The zero-order valence-electron chi connectivity index (χ0n) is 11.5. The summed E-state index contributed by atoms with van der Waals surface area (Å²) in [5.41, 5.74) is 2.65. The molecule has 1 aromatic rings. The van der Waals surface area contributed by atoms with Crippen LogP contribution >= 0.6 is 0 Å². The first kappa shape index (κ1) is 14.3. The predicted molar refractivity (Wildman–Crippen MR) is 76.4 cm³/mol. The highest BCUT2D eigenvalue weighted by atomic mass is 32.2. The molecule has 0 aromatic heterocycles. The Labute approximate surface area is 115 Å². The lowest BCUT2D eigenvalue weighted by molar-refractivity contribution is 0.341. The molecule has 1 atom stereocenters. The Morgan fingerprint density at radius 2 is 2.21 bits per heavy atom. The van der Waals surface area contributed by atoms with E-state index in [0.29, 0.717) is 6.04 Å². The van der Waals surface area contributed by atoms with Crippen LogP contribution in [0.15, 0.2) is 18.2 Å². The molecule has 0 amide bonds. The van der Waals surface area contributed by atoms with Gasteiger partial charge in [0.15, 0.2) is 9.84 Å². The van der Waals surface area contributed by atoms with Gasteiger partial charge in [0, 0.05) is 12.3 Å². The fraction of sp³-hybridized carbons (Fsp3) is 0.571. The van der Waals surface area contributed by atoms with Crippen molar-refractivity contribution in [3.8, 4) is 5.75 Å². The van der Waals surface area contributed by atoms with Gasteiger partial charge in [-0.3, -0.25) is 0 Å².